The number of benzene rings is 2. The summed E-state index contributed by atoms with van der Waals surface area (Å²) in [4.78, 5) is 37.4. The molecule has 2 fully saturated rings. The fraction of sp³-hybridized carbons (Fsp3) is 0.348. The van der Waals surface area contributed by atoms with Gasteiger partial charge in [0.15, 0.2) is 0 Å². The first kappa shape index (κ1) is 19.2. The van der Waals surface area contributed by atoms with E-state index < -0.39 is 11.5 Å². The first-order valence-electron chi connectivity index (χ1n) is 9.97. The van der Waals surface area contributed by atoms with Gasteiger partial charge in [0.05, 0.1) is 12.3 Å². The van der Waals surface area contributed by atoms with Crippen molar-refractivity contribution in [3.05, 3.63) is 59.7 Å². The summed E-state index contributed by atoms with van der Waals surface area (Å²) in [6.45, 7) is 1.93. The van der Waals surface area contributed by atoms with Gasteiger partial charge in [0.1, 0.15) is 5.60 Å². The van der Waals surface area contributed by atoms with Crippen molar-refractivity contribution in [2.75, 3.05) is 10.6 Å². The summed E-state index contributed by atoms with van der Waals surface area (Å²) in [6.07, 6.45) is 3.50. The highest BCUT2D eigenvalue weighted by atomic mass is 16.6. The largest absolute Gasteiger partial charge is 0.458 e. The van der Waals surface area contributed by atoms with E-state index in [9.17, 15) is 14.4 Å². The van der Waals surface area contributed by atoms with Crippen molar-refractivity contribution < 1.29 is 19.1 Å². The molecule has 2 aromatic rings. The first-order valence-corrected chi connectivity index (χ1v) is 9.97. The molecule has 0 aromatic heterocycles. The van der Waals surface area contributed by atoms with Crippen LogP contribution >= 0.6 is 0 Å². The van der Waals surface area contributed by atoms with Crippen LogP contribution in [0.25, 0.3) is 0 Å². The lowest BCUT2D eigenvalue weighted by atomic mass is 9.85. The van der Waals surface area contributed by atoms with Gasteiger partial charge in [-0.1, -0.05) is 24.3 Å². The number of aryl methyl sites for hydroxylation is 1. The molecule has 2 amide bonds. The lowest BCUT2D eigenvalue weighted by Crippen LogP contribution is -2.39. The Hall–Kier alpha value is -3.15. The Morgan fingerprint density at radius 1 is 1.03 bits per heavy atom. The highest BCUT2D eigenvalue weighted by Crippen LogP contribution is 2.45. The Balaban J connectivity index is 1.47. The third kappa shape index (κ3) is 3.88. The highest BCUT2D eigenvalue weighted by Gasteiger charge is 2.53. The van der Waals surface area contributed by atoms with E-state index in [-0.39, 0.29) is 24.2 Å². The average molecular weight is 392 g/mol. The molecular weight excluding hydrogens is 368 g/mol. The molecule has 0 unspecified atom stereocenters. The summed E-state index contributed by atoms with van der Waals surface area (Å²) < 4.78 is 5.56. The lowest BCUT2D eigenvalue weighted by molar-refractivity contribution is -0.149. The molecule has 0 bridgehead atoms. The number of hydrogen-bond donors (Lipinski definition) is 2. The number of nitrogens with one attached hydrogen (secondary N) is 2. The molecule has 150 valence electrons. The molecule has 1 atom stereocenters. The Morgan fingerprint density at radius 2 is 1.79 bits per heavy atom. The molecule has 2 aromatic carbocycles. The fourth-order valence-corrected chi connectivity index (χ4v) is 4.32. The van der Waals surface area contributed by atoms with Crippen LogP contribution in [-0.4, -0.2) is 23.4 Å². The summed E-state index contributed by atoms with van der Waals surface area (Å²) in [6, 6.07) is 14.4. The van der Waals surface area contributed by atoms with Crippen LogP contribution < -0.4 is 10.6 Å². The number of carbonyl (C=O) groups is 3. The second-order valence-electron chi connectivity index (χ2n) is 7.84. The summed E-state index contributed by atoms with van der Waals surface area (Å²) in [5.74, 6) is -1.27. The van der Waals surface area contributed by atoms with Crippen molar-refractivity contribution >= 4 is 29.2 Å². The maximum absolute atomic E-state index is 12.9. The first-order chi connectivity index (χ1) is 14.0. The number of anilines is 2. The van der Waals surface area contributed by atoms with E-state index in [4.69, 9.17) is 4.74 Å². The van der Waals surface area contributed by atoms with E-state index in [1.165, 1.54) is 0 Å². The van der Waals surface area contributed by atoms with Crippen LogP contribution in [0, 0.1) is 12.8 Å². The van der Waals surface area contributed by atoms with Crippen LogP contribution in [0.1, 0.15) is 48.0 Å². The van der Waals surface area contributed by atoms with Crippen molar-refractivity contribution in [3.63, 3.8) is 0 Å². The zero-order valence-electron chi connectivity index (χ0n) is 16.4. The number of ether oxygens (including phenoxy) is 1. The molecule has 1 saturated heterocycles. The van der Waals surface area contributed by atoms with Crippen molar-refractivity contribution in [3.8, 4) is 0 Å². The predicted molar refractivity (Wildman–Crippen MR) is 110 cm³/mol. The predicted octanol–water partition coefficient (Wildman–Crippen LogP) is 4.06. The van der Waals surface area contributed by atoms with E-state index in [1.54, 1.807) is 24.3 Å². The fourth-order valence-electron chi connectivity index (χ4n) is 4.32. The average Bonchev–Trinajstić information content (AvgIpc) is 3.30. The smallest absolute Gasteiger partial charge is 0.307 e. The molecule has 6 heteroatoms. The highest BCUT2D eigenvalue weighted by molar-refractivity contribution is 6.06. The SMILES string of the molecule is Cc1ccccc1NC(=O)c1cccc(NC(=O)[C@@H]2CC(=O)OC23CCCC3)c1. The molecular formula is C23H24N2O4. The third-order valence-electron chi connectivity index (χ3n) is 5.87. The monoisotopic (exact) mass is 392 g/mol. The van der Waals surface area contributed by atoms with Crippen molar-refractivity contribution in [2.45, 2.75) is 44.6 Å². The normalized spacial score (nSPS) is 19.8. The molecule has 1 aliphatic heterocycles. The molecule has 1 saturated carbocycles. The van der Waals surface area contributed by atoms with Crippen LogP contribution in [0.15, 0.2) is 48.5 Å². The summed E-state index contributed by atoms with van der Waals surface area (Å²) in [5.41, 5.74) is 2.04. The number of esters is 1. The van der Waals surface area contributed by atoms with Gasteiger partial charge in [0.25, 0.3) is 5.91 Å². The van der Waals surface area contributed by atoms with Crippen LogP contribution in [0.5, 0.6) is 0 Å². The van der Waals surface area contributed by atoms with Crippen LogP contribution in [0.2, 0.25) is 0 Å². The molecule has 29 heavy (non-hydrogen) atoms. The maximum atomic E-state index is 12.9. The van der Waals surface area contributed by atoms with Crippen LogP contribution in [0.4, 0.5) is 11.4 Å². The molecule has 0 radical (unpaired) electrons. The number of hydrogen-bond acceptors (Lipinski definition) is 4. The van der Waals surface area contributed by atoms with Gasteiger partial charge in [-0.2, -0.15) is 0 Å². The summed E-state index contributed by atoms with van der Waals surface area (Å²) in [5, 5.41) is 5.77. The van der Waals surface area contributed by atoms with Crippen LogP contribution in [-0.2, 0) is 14.3 Å². The zero-order valence-corrected chi connectivity index (χ0v) is 16.4. The van der Waals surface area contributed by atoms with Gasteiger partial charge >= 0.3 is 5.97 Å². The molecule has 6 nitrogen and oxygen atoms in total. The minimum atomic E-state index is -0.652. The topological polar surface area (TPSA) is 84.5 Å². The van der Waals surface area contributed by atoms with E-state index >= 15 is 0 Å². The van der Waals surface area contributed by atoms with E-state index in [1.807, 2.05) is 31.2 Å². The minimum Gasteiger partial charge on any atom is -0.458 e. The Kier molecular flexibility index (Phi) is 5.09. The second-order valence-corrected chi connectivity index (χ2v) is 7.84. The maximum Gasteiger partial charge on any atom is 0.307 e. The molecule has 2 aliphatic rings. The van der Waals surface area contributed by atoms with E-state index in [0.717, 1.165) is 36.9 Å². The number of amides is 2. The van der Waals surface area contributed by atoms with E-state index in [0.29, 0.717) is 11.3 Å². The second kappa shape index (κ2) is 7.70. The van der Waals surface area contributed by atoms with Gasteiger partial charge in [0, 0.05) is 16.9 Å². The summed E-state index contributed by atoms with van der Waals surface area (Å²) >= 11 is 0. The third-order valence-corrected chi connectivity index (χ3v) is 5.87. The molecule has 4 rings (SSSR count). The molecule has 1 aliphatic carbocycles. The van der Waals surface area contributed by atoms with Gasteiger partial charge in [-0.3, -0.25) is 14.4 Å². The Bertz CT molecular complexity index is 963. The van der Waals surface area contributed by atoms with E-state index in [2.05, 4.69) is 10.6 Å². The quantitative estimate of drug-likeness (QED) is 0.769. The lowest BCUT2D eigenvalue weighted by Gasteiger charge is -2.27. The standard InChI is InChI=1S/C23H24N2O4/c1-15-7-2-3-10-19(15)25-21(27)16-8-6-9-17(13-16)24-22(28)18-14-20(26)29-23(18)11-4-5-12-23/h2-3,6-10,13,18H,4-5,11-12,14H2,1H3,(H,24,28)(H,25,27)/t18-/m0/s1. The van der Waals surface area contributed by atoms with Crippen molar-refractivity contribution in [1.29, 1.82) is 0 Å². The zero-order chi connectivity index (χ0) is 20.4. The number of para-hydroxylation sites is 1. The summed E-state index contributed by atoms with van der Waals surface area (Å²) in [7, 11) is 0. The van der Waals surface area contributed by atoms with Gasteiger partial charge in [-0.25, -0.2) is 0 Å². The Labute approximate surface area is 169 Å². The molecule has 1 heterocycles. The number of carbonyl (C=O) groups excluding carboxylic acids is 3. The van der Waals surface area contributed by atoms with Gasteiger partial charge in [0.2, 0.25) is 5.91 Å². The van der Waals surface area contributed by atoms with Crippen molar-refractivity contribution in [1.82, 2.24) is 0 Å². The molecule has 2 N–H and O–H groups in total. The Morgan fingerprint density at radius 3 is 2.55 bits per heavy atom. The molecule has 1 spiro atoms. The van der Waals surface area contributed by atoms with Crippen LogP contribution in [0.3, 0.4) is 0 Å². The number of rotatable bonds is 4. The van der Waals surface area contributed by atoms with Crippen molar-refractivity contribution in [2.24, 2.45) is 5.92 Å². The van der Waals surface area contributed by atoms with Gasteiger partial charge in [-0.15, -0.1) is 0 Å². The van der Waals surface area contributed by atoms with Gasteiger partial charge < -0.3 is 15.4 Å². The minimum absolute atomic E-state index is 0.110. The van der Waals surface area contributed by atoms with Gasteiger partial charge in [-0.05, 0) is 62.4 Å².